The predicted molar refractivity (Wildman–Crippen MR) is 70.6 cm³/mol. The topological polar surface area (TPSA) is 72.7 Å². The Labute approximate surface area is 112 Å². The number of H-pyrrole nitrogens is 1. The summed E-state index contributed by atoms with van der Waals surface area (Å²) in [4.78, 5) is 30.8. The SMILES string of the molecule is CCn1c(=O)c2[nH]c(Cl)nc2n(CC(C)Cl)c1=O. The summed E-state index contributed by atoms with van der Waals surface area (Å²) in [5, 5.41) is -0.185. The second-order valence-corrected chi connectivity index (χ2v) is 5.05. The van der Waals surface area contributed by atoms with Crippen LogP contribution in [-0.2, 0) is 13.1 Å². The lowest BCUT2D eigenvalue weighted by molar-refractivity contribution is 0.583. The van der Waals surface area contributed by atoms with Gasteiger partial charge in [-0.1, -0.05) is 0 Å². The van der Waals surface area contributed by atoms with E-state index in [0.717, 1.165) is 4.57 Å². The number of fused-ring (bicyclic) bond motifs is 1. The predicted octanol–water partition coefficient (Wildman–Crippen LogP) is 1.19. The molecule has 2 aromatic heterocycles. The number of aromatic amines is 1. The molecule has 0 aliphatic carbocycles. The van der Waals surface area contributed by atoms with Gasteiger partial charge in [-0.3, -0.25) is 13.9 Å². The molecule has 8 heteroatoms. The highest BCUT2D eigenvalue weighted by atomic mass is 35.5. The molecule has 0 aromatic carbocycles. The van der Waals surface area contributed by atoms with Crippen LogP contribution in [-0.4, -0.2) is 24.5 Å². The number of nitrogens with one attached hydrogen (secondary N) is 1. The Morgan fingerprint density at radius 3 is 2.61 bits per heavy atom. The summed E-state index contributed by atoms with van der Waals surface area (Å²) in [6.45, 7) is 4.02. The Balaban J connectivity index is 2.89. The van der Waals surface area contributed by atoms with Crippen molar-refractivity contribution >= 4 is 34.4 Å². The standard InChI is InChI=1S/C10H12Cl2N4O2/c1-3-15-8(17)6-7(14-9(12)13-6)16(10(15)18)4-5(2)11/h5H,3-4H2,1-2H3,(H,13,14). The van der Waals surface area contributed by atoms with Crippen molar-refractivity contribution in [2.45, 2.75) is 32.3 Å². The van der Waals surface area contributed by atoms with Crippen molar-refractivity contribution in [2.75, 3.05) is 0 Å². The molecule has 98 valence electrons. The van der Waals surface area contributed by atoms with Crippen LogP contribution in [0.5, 0.6) is 0 Å². The quantitative estimate of drug-likeness (QED) is 0.682. The first-order valence-electron chi connectivity index (χ1n) is 5.48. The van der Waals surface area contributed by atoms with Gasteiger partial charge in [0.25, 0.3) is 5.56 Å². The number of hydrogen-bond acceptors (Lipinski definition) is 3. The molecule has 1 N–H and O–H groups in total. The molecule has 2 rings (SSSR count). The molecule has 0 saturated heterocycles. The normalized spacial score (nSPS) is 13.1. The Kier molecular flexibility index (Phi) is 3.49. The number of alkyl halides is 1. The largest absolute Gasteiger partial charge is 0.332 e. The van der Waals surface area contributed by atoms with Gasteiger partial charge in [-0.25, -0.2) is 4.79 Å². The van der Waals surface area contributed by atoms with Crippen molar-refractivity contribution in [1.29, 1.82) is 0 Å². The van der Waals surface area contributed by atoms with E-state index in [2.05, 4.69) is 9.97 Å². The number of imidazole rings is 1. The second kappa shape index (κ2) is 4.78. The van der Waals surface area contributed by atoms with E-state index in [-0.39, 0.29) is 34.9 Å². The summed E-state index contributed by atoms with van der Waals surface area (Å²) in [5.74, 6) is 0. The fraction of sp³-hybridized carbons (Fsp3) is 0.500. The Morgan fingerprint density at radius 2 is 2.06 bits per heavy atom. The van der Waals surface area contributed by atoms with Crippen LogP contribution in [0.4, 0.5) is 0 Å². The van der Waals surface area contributed by atoms with Crippen molar-refractivity contribution in [2.24, 2.45) is 0 Å². The summed E-state index contributed by atoms with van der Waals surface area (Å²) in [6, 6.07) is 0. The third kappa shape index (κ3) is 2.06. The van der Waals surface area contributed by atoms with Gasteiger partial charge in [-0.2, -0.15) is 4.98 Å². The van der Waals surface area contributed by atoms with Crippen LogP contribution < -0.4 is 11.2 Å². The zero-order chi connectivity index (χ0) is 13.4. The maximum atomic E-state index is 12.1. The lowest BCUT2D eigenvalue weighted by Gasteiger charge is -2.10. The zero-order valence-electron chi connectivity index (χ0n) is 9.91. The van der Waals surface area contributed by atoms with Crippen molar-refractivity contribution in [3.63, 3.8) is 0 Å². The fourth-order valence-electron chi connectivity index (χ4n) is 1.83. The van der Waals surface area contributed by atoms with E-state index in [0.29, 0.717) is 0 Å². The fourth-order valence-corrected chi connectivity index (χ4v) is 2.15. The van der Waals surface area contributed by atoms with E-state index in [1.807, 2.05) is 0 Å². The highest BCUT2D eigenvalue weighted by Crippen LogP contribution is 2.10. The van der Waals surface area contributed by atoms with Crippen molar-refractivity contribution in [1.82, 2.24) is 19.1 Å². The molecule has 0 aliphatic rings. The van der Waals surface area contributed by atoms with E-state index < -0.39 is 11.2 Å². The van der Waals surface area contributed by atoms with E-state index in [4.69, 9.17) is 23.2 Å². The van der Waals surface area contributed by atoms with Crippen LogP contribution in [0.2, 0.25) is 5.28 Å². The molecule has 0 saturated carbocycles. The minimum Gasteiger partial charge on any atom is -0.323 e. The lowest BCUT2D eigenvalue weighted by Crippen LogP contribution is -2.40. The lowest BCUT2D eigenvalue weighted by atomic mass is 10.4. The molecule has 0 radical (unpaired) electrons. The molecule has 0 amide bonds. The maximum absolute atomic E-state index is 12.1. The van der Waals surface area contributed by atoms with Gasteiger partial charge in [-0.05, 0) is 25.4 Å². The van der Waals surface area contributed by atoms with E-state index >= 15 is 0 Å². The smallest absolute Gasteiger partial charge is 0.323 e. The van der Waals surface area contributed by atoms with Gasteiger partial charge < -0.3 is 4.98 Å². The highest BCUT2D eigenvalue weighted by Gasteiger charge is 2.16. The second-order valence-electron chi connectivity index (χ2n) is 3.95. The Hall–Kier alpha value is -1.27. The van der Waals surface area contributed by atoms with Crippen LogP contribution in [0.3, 0.4) is 0 Å². The summed E-state index contributed by atoms with van der Waals surface area (Å²) in [5.41, 5.74) is -0.382. The average molecular weight is 291 g/mol. The first-order chi connectivity index (χ1) is 8.45. The highest BCUT2D eigenvalue weighted by molar-refractivity contribution is 6.29. The summed E-state index contributed by atoms with van der Waals surface area (Å²) in [6.07, 6.45) is 0. The van der Waals surface area contributed by atoms with Crippen LogP contribution in [0.25, 0.3) is 11.2 Å². The zero-order valence-corrected chi connectivity index (χ0v) is 11.4. The number of nitrogens with zero attached hydrogens (tertiary/aromatic N) is 3. The van der Waals surface area contributed by atoms with Crippen LogP contribution in [0.1, 0.15) is 13.8 Å². The molecule has 2 aromatic rings. The summed E-state index contributed by atoms with van der Waals surface area (Å²) >= 11 is 11.7. The molecule has 0 fully saturated rings. The molecule has 0 aliphatic heterocycles. The molecule has 1 unspecified atom stereocenters. The number of aromatic nitrogens is 4. The number of rotatable bonds is 3. The van der Waals surface area contributed by atoms with Gasteiger partial charge in [0.05, 0.1) is 0 Å². The average Bonchev–Trinajstić information content (AvgIpc) is 2.67. The monoisotopic (exact) mass is 290 g/mol. The third-order valence-corrected chi connectivity index (χ3v) is 2.90. The van der Waals surface area contributed by atoms with Gasteiger partial charge in [0.2, 0.25) is 5.28 Å². The molecule has 18 heavy (non-hydrogen) atoms. The molecule has 1 atom stereocenters. The minimum absolute atomic E-state index is 0.0753. The van der Waals surface area contributed by atoms with E-state index in [1.165, 1.54) is 4.57 Å². The van der Waals surface area contributed by atoms with E-state index in [1.54, 1.807) is 13.8 Å². The van der Waals surface area contributed by atoms with Gasteiger partial charge >= 0.3 is 5.69 Å². The van der Waals surface area contributed by atoms with Gasteiger partial charge in [-0.15, -0.1) is 11.6 Å². The van der Waals surface area contributed by atoms with Gasteiger partial charge in [0.15, 0.2) is 11.2 Å². The first-order valence-corrected chi connectivity index (χ1v) is 6.30. The van der Waals surface area contributed by atoms with Crippen LogP contribution in [0, 0.1) is 0 Å². The van der Waals surface area contributed by atoms with Crippen molar-refractivity contribution in [3.8, 4) is 0 Å². The van der Waals surface area contributed by atoms with Crippen molar-refractivity contribution in [3.05, 3.63) is 26.1 Å². The van der Waals surface area contributed by atoms with Crippen molar-refractivity contribution < 1.29 is 0 Å². The number of halogens is 2. The summed E-state index contributed by atoms with van der Waals surface area (Å²) in [7, 11) is 0. The Bertz CT molecular complexity index is 698. The molecular formula is C10H12Cl2N4O2. The molecule has 6 nitrogen and oxygen atoms in total. The van der Waals surface area contributed by atoms with Crippen LogP contribution >= 0.6 is 23.2 Å². The number of hydrogen-bond donors (Lipinski definition) is 1. The maximum Gasteiger partial charge on any atom is 0.332 e. The Morgan fingerprint density at radius 1 is 1.39 bits per heavy atom. The molecule has 2 heterocycles. The van der Waals surface area contributed by atoms with Gasteiger partial charge in [0, 0.05) is 18.5 Å². The molecular weight excluding hydrogens is 279 g/mol. The van der Waals surface area contributed by atoms with Crippen LogP contribution in [0.15, 0.2) is 9.59 Å². The summed E-state index contributed by atoms with van der Waals surface area (Å²) < 4.78 is 2.48. The first kappa shape index (κ1) is 13.2. The third-order valence-electron chi connectivity index (χ3n) is 2.58. The van der Waals surface area contributed by atoms with Gasteiger partial charge in [0.1, 0.15) is 0 Å². The molecule has 0 spiro atoms. The van der Waals surface area contributed by atoms with E-state index in [9.17, 15) is 9.59 Å². The molecule has 0 bridgehead atoms. The minimum atomic E-state index is -0.425.